The number of fused-ring (bicyclic) bond motifs is 2. The Kier molecular flexibility index (Phi) is 5.54. The Bertz CT molecular complexity index is 1590. The van der Waals surface area contributed by atoms with Gasteiger partial charge >= 0.3 is 12.1 Å². The fourth-order valence-corrected chi connectivity index (χ4v) is 4.19. The second kappa shape index (κ2) is 8.32. The zero-order chi connectivity index (χ0) is 27.6. The Morgan fingerprint density at radius 2 is 1.82 bits per heavy atom. The second-order valence-corrected chi connectivity index (χ2v) is 8.79. The maximum atomic E-state index is 13.5. The number of pyridine rings is 1. The molecule has 0 spiro atoms. The van der Waals surface area contributed by atoms with Crippen molar-refractivity contribution in [3.8, 4) is 11.5 Å². The van der Waals surface area contributed by atoms with Crippen molar-refractivity contribution < 1.29 is 31.1 Å². The van der Waals surface area contributed by atoms with E-state index in [-0.39, 0.29) is 51.3 Å². The standard InChI is InChI=1S/C22H17F6N9O/c1-20(11-4-3-9(23)7-30-11)13-15(29)34-17(35-16(13)36-19(20)38)14-10-8-31-37(2)18(10)33-12(32-14)5-6-21(24,25)22(26,27)28/h3-4,7-8H,5-6H2,1-2H3,(H3,29,34,35,36,38). The van der Waals surface area contributed by atoms with Crippen LogP contribution in [0, 0.1) is 5.82 Å². The van der Waals surface area contributed by atoms with Gasteiger partial charge in [0.2, 0.25) is 5.91 Å². The fraction of sp³-hybridized carbons (Fsp3) is 0.318. The highest BCUT2D eigenvalue weighted by atomic mass is 19.4. The van der Waals surface area contributed by atoms with E-state index in [1.807, 2.05) is 0 Å². The predicted octanol–water partition coefficient (Wildman–Crippen LogP) is 3.32. The molecule has 0 bridgehead atoms. The van der Waals surface area contributed by atoms with Crippen LogP contribution in [0.2, 0.25) is 0 Å². The van der Waals surface area contributed by atoms with E-state index in [0.717, 1.165) is 12.3 Å². The number of nitrogens with one attached hydrogen (secondary N) is 1. The lowest BCUT2D eigenvalue weighted by Crippen LogP contribution is -2.36. The van der Waals surface area contributed by atoms with Crippen LogP contribution in [0.25, 0.3) is 22.6 Å². The summed E-state index contributed by atoms with van der Waals surface area (Å²) < 4.78 is 79.8. The van der Waals surface area contributed by atoms with Gasteiger partial charge in [0.1, 0.15) is 34.4 Å². The first-order chi connectivity index (χ1) is 17.7. The van der Waals surface area contributed by atoms with Crippen LogP contribution in [0.1, 0.15) is 30.4 Å². The van der Waals surface area contributed by atoms with Gasteiger partial charge in [-0.25, -0.2) is 24.3 Å². The molecule has 0 radical (unpaired) electrons. The van der Waals surface area contributed by atoms with Gasteiger partial charge in [0.15, 0.2) is 11.5 Å². The Labute approximate surface area is 209 Å². The molecular formula is C22H17F6N9O. The number of amides is 1. The molecule has 5 heterocycles. The van der Waals surface area contributed by atoms with E-state index in [1.54, 1.807) is 0 Å². The summed E-state index contributed by atoms with van der Waals surface area (Å²) in [4.78, 5) is 33.8. The molecule has 3 N–H and O–H groups in total. The Balaban J connectivity index is 1.61. The first kappa shape index (κ1) is 25.3. The maximum absolute atomic E-state index is 13.5. The molecule has 0 saturated carbocycles. The molecular weight excluding hydrogens is 520 g/mol. The largest absolute Gasteiger partial charge is 0.453 e. The minimum atomic E-state index is -5.73. The molecule has 1 amide bonds. The van der Waals surface area contributed by atoms with E-state index in [0.29, 0.717) is 0 Å². The molecule has 38 heavy (non-hydrogen) atoms. The number of alkyl halides is 5. The Hall–Kier alpha value is -4.37. The zero-order valence-electron chi connectivity index (χ0n) is 19.6. The number of nitrogen functional groups attached to an aromatic ring is 1. The molecule has 0 aliphatic carbocycles. The van der Waals surface area contributed by atoms with Crippen molar-refractivity contribution >= 4 is 28.6 Å². The summed E-state index contributed by atoms with van der Waals surface area (Å²) in [7, 11) is 1.49. The third-order valence-corrected chi connectivity index (χ3v) is 6.29. The lowest BCUT2D eigenvalue weighted by atomic mass is 9.81. The molecule has 16 heteroatoms. The van der Waals surface area contributed by atoms with Crippen LogP contribution in [0.3, 0.4) is 0 Å². The molecule has 1 aliphatic rings. The molecule has 0 saturated heterocycles. The summed E-state index contributed by atoms with van der Waals surface area (Å²) >= 11 is 0. The molecule has 10 nitrogen and oxygen atoms in total. The quantitative estimate of drug-likeness (QED) is 0.370. The van der Waals surface area contributed by atoms with Crippen molar-refractivity contribution in [2.24, 2.45) is 7.05 Å². The van der Waals surface area contributed by atoms with Gasteiger partial charge in [-0.3, -0.25) is 14.5 Å². The van der Waals surface area contributed by atoms with Crippen molar-refractivity contribution in [2.45, 2.75) is 37.3 Å². The zero-order valence-corrected chi connectivity index (χ0v) is 19.6. The monoisotopic (exact) mass is 537 g/mol. The molecule has 1 unspecified atom stereocenters. The van der Waals surface area contributed by atoms with Gasteiger partial charge in [0.25, 0.3) is 0 Å². The summed E-state index contributed by atoms with van der Waals surface area (Å²) in [5.41, 5.74) is 5.22. The molecule has 1 aliphatic heterocycles. The third-order valence-electron chi connectivity index (χ3n) is 6.29. The topological polar surface area (TPSA) is 137 Å². The summed E-state index contributed by atoms with van der Waals surface area (Å²) in [6.07, 6.45) is -5.83. The fourth-order valence-electron chi connectivity index (χ4n) is 4.19. The smallest absolute Gasteiger partial charge is 0.383 e. The Morgan fingerprint density at radius 3 is 2.47 bits per heavy atom. The van der Waals surface area contributed by atoms with Crippen LogP contribution >= 0.6 is 0 Å². The van der Waals surface area contributed by atoms with Gasteiger partial charge < -0.3 is 11.1 Å². The van der Waals surface area contributed by atoms with Crippen LogP contribution in [0.4, 0.5) is 38.0 Å². The number of aryl methyl sites for hydroxylation is 2. The average molecular weight is 537 g/mol. The lowest BCUT2D eigenvalue weighted by Gasteiger charge is -2.22. The highest BCUT2D eigenvalue weighted by molar-refractivity contribution is 6.09. The van der Waals surface area contributed by atoms with Crippen LogP contribution in [0.15, 0.2) is 24.5 Å². The first-order valence-corrected chi connectivity index (χ1v) is 11.0. The number of halogens is 6. The van der Waals surface area contributed by atoms with Crippen molar-refractivity contribution in [3.05, 3.63) is 47.4 Å². The average Bonchev–Trinajstić information content (AvgIpc) is 3.34. The van der Waals surface area contributed by atoms with E-state index < -0.39 is 42.1 Å². The highest BCUT2D eigenvalue weighted by Crippen LogP contribution is 2.44. The number of anilines is 2. The molecule has 0 fully saturated rings. The van der Waals surface area contributed by atoms with Crippen LogP contribution in [-0.2, 0) is 23.7 Å². The maximum Gasteiger partial charge on any atom is 0.453 e. The number of hydrogen-bond donors (Lipinski definition) is 2. The van der Waals surface area contributed by atoms with Gasteiger partial charge in [-0.15, -0.1) is 0 Å². The van der Waals surface area contributed by atoms with Crippen molar-refractivity contribution in [3.63, 3.8) is 0 Å². The van der Waals surface area contributed by atoms with Gasteiger partial charge in [-0.05, 0) is 19.1 Å². The molecule has 0 aromatic carbocycles. The second-order valence-electron chi connectivity index (χ2n) is 8.79. The van der Waals surface area contributed by atoms with Gasteiger partial charge in [0.05, 0.1) is 29.0 Å². The number of rotatable bonds is 5. The third kappa shape index (κ3) is 3.86. The van der Waals surface area contributed by atoms with E-state index in [9.17, 15) is 31.1 Å². The number of hydrogen-bond acceptors (Lipinski definition) is 8. The van der Waals surface area contributed by atoms with E-state index in [2.05, 4.69) is 35.3 Å². The molecule has 198 valence electrons. The highest BCUT2D eigenvalue weighted by Gasteiger charge is 2.56. The predicted molar refractivity (Wildman–Crippen MR) is 120 cm³/mol. The molecule has 1 atom stereocenters. The number of carbonyl (C=O) groups excluding carboxylic acids is 1. The van der Waals surface area contributed by atoms with Gasteiger partial charge in [-0.1, -0.05) is 0 Å². The number of carbonyl (C=O) groups is 1. The lowest BCUT2D eigenvalue weighted by molar-refractivity contribution is -0.284. The summed E-state index contributed by atoms with van der Waals surface area (Å²) in [6.45, 7) is 1.51. The summed E-state index contributed by atoms with van der Waals surface area (Å²) in [6, 6.07) is 2.46. The van der Waals surface area contributed by atoms with Crippen LogP contribution < -0.4 is 11.1 Å². The van der Waals surface area contributed by atoms with E-state index >= 15 is 0 Å². The van der Waals surface area contributed by atoms with Gasteiger partial charge in [-0.2, -0.15) is 27.1 Å². The minimum absolute atomic E-state index is 0.00642. The summed E-state index contributed by atoms with van der Waals surface area (Å²) in [5, 5.41) is 6.90. The number of nitrogens with two attached hydrogens (primary N) is 1. The number of nitrogens with zero attached hydrogens (tertiary/aromatic N) is 7. The molecule has 4 aromatic rings. The van der Waals surface area contributed by atoms with Crippen LogP contribution in [0.5, 0.6) is 0 Å². The Morgan fingerprint density at radius 1 is 1.08 bits per heavy atom. The minimum Gasteiger partial charge on any atom is -0.383 e. The normalized spacial score (nSPS) is 17.6. The SMILES string of the molecule is Cn1ncc2c(-c3nc(N)c4c(n3)NC(=O)C4(C)c3ccc(F)cn3)nc(CCC(F)(F)C(F)(F)F)nc21. The molecule has 5 rings (SSSR count). The van der Waals surface area contributed by atoms with E-state index in [4.69, 9.17) is 5.73 Å². The first-order valence-electron chi connectivity index (χ1n) is 11.0. The van der Waals surface area contributed by atoms with Crippen molar-refractivity contribution in [1.82, 2.24) is 34.7 Å². The van der Waals surface area contributed by atoms with Crippen LogP contribution in [-0.4, -0.2) is 52.7 Å². The van der Waals surface area contributed by atoms with Gasteiger partial charge in [0, 0.05) is 19.9 Å². The molecule has 4 aromatic heterocycles. The van der Waals surface area contributed by atoms with E-state index in [1.165, 1.54) is 30.9 Å². The summed E-state index contributed by atoms with van der Waals surface area (Å²) in [5.74, 6) is -6.74. The van der Waals surface area contributed by atoms with Crippen molar-refractivity contribution in [1.29, 1.82) is 0 Å². The van der Waals surface area contributed by atoms with Crippen molar-refractivity contribution in [2.75, 3.05) is 11.1 Å². The number of aromatic nitrogens is 7.